The number of hydrogen-bond acceptors (Lipinski definition) is 7. The molecule has 1 aromatic heterocycles. The van der Waals surface area contributed by atoms with Crippen LogP contribution in [0.2, 0.25) is 0 Å². The average molecular weight is 586 g/mol. The minimum absolute atomic E-state index is 0.0581. The summed E-state index contributed by atoms with van der Waals surface area (Å²) in [5, 5.41) is 2.15. The average Bonchev–Trinajstić information content (AvgIpc) is 3.72. The summed E-state index contributed by atoms with van der Waals surface area (Å²) in [6, 6.07) is 16.7. The molecule has 5 aliphatic heterocycles. The monoisotopic (exact) mass is 585 g/mol. The molecule has 2 aromatic carbocycles. The Labute approximate surface area is 243 Å². The number of benzene rings is 2. The molecule has 6 heterocycles. The molecular formula is C32H20GaN8. The van der Waals surface area contributed by atoms with Crippen LogP contribution in [0.1, 0.15) is 11.1 Å². The summed E-state index contributed by atoms with van der Waals surface area (Å²) in [7, 11) is 0. The SMILES string of the molecule is C1=CC2C3=NC(=Nc4c5ccccc5c5[n]4[Ga][N]4C(=NC6=NC(=N5)c5ccccc56)C5C=CC=CC5C4=N3)C2C=C1. The third-order valence-corrected chi connectivity index (χ3v) is 11.9. The molecule has 1 fully saturated rings. The number of rotatable bonds is 0. The second-order valence-electron chi connectivity index (χ2n) is 11.0. The first-order valence-corrected chi connectivity index (χ1v) is 16.1. The van der Waals surface area contributed by atoms with E-state index in [4.69, 9.17) is 30.0 Å². The third kappa shape index (κ3) is 2.96. The van der Waals surface area contributed by atoms with E-state index in [1.54, 1.807) is 0 Å². The summed E-state index contributed by atoms with van der Waals surface area (Å²) < 4.78 is 4.77. The van der Waals surface area contributed by atoms with Crippen molar-refractivity contribution in [3.8, 4) is 0 Å². The van der Waals surface area contributed by atoms with Crippen molar-refractivity contribution in [1.82, 2.24) is 6.88 Å². The van der Waals surface area contributed by atoms with Crippen LogP contribution in [0.25, 0.3) is 10.8 Å². The second-order valence-corrected chi connectivity index (χ2v) is 13.6. The maximum atomic E-state index is 5.38. The maximum absolute atomic E-state index is 5.38. The normalized spacial score (nSPS) is 27.2. The standard InChI is InChI=1S/C32H20N8.Ga/c1-2-10-18-17(9-1)25-33-26(18)38-28-21-13-5-6-14-22(21)30(35-28)40-32-24-16-8-7-15-23(24)31(36-32)39-29-20-12-4-3-11-19(20)27(34-29)37-25;/h1-20H;/q-2;+2. The summed E-state index contributed by atoms with van der Waals surface area (Å²) in [6.07, 6.45) is 17.4. The van der Waals surface area contributed by atoms with Crippen molar-refractivity contribution in [2.24, 2.45) is 53.6 Å². The molecule has 0 amide bonds. The van der Waals surface area contributed by atoms with Crippen molar-refractivity contribution in [2.75, 3.05) is 0 Å². The number of hydrogen-bond donors (Lipinski definition) is 0. The molecule has 1 radical (unpaired) electrons. The number of amidine groups is 6. The predicted molar refractivity (Wildman–Crippen MR) is 164 cm³/mol. The van der Waals surface area contributed by atoms with E-state index >= 15 is 0 Å². The van der Waals surface area contributed by atoms with Crippen molar-refractivity contribution in [2.45, 2.75) is 0 Å². The fourth-order valence-electron chi connectivity index (χ4n) is 6.87. The Balaban J connectivity index is 1.36. The topological polar surface area (TPSA) is 82.3 Å². The zero-order valence-corrected chi connectivity index (χ0v) is 24.1. The summed E-state index contributed by atoms with van der Waals surface area (Å²) in [4.78, 5) is 31.5. The molecule has 0 saturated carbocycles. The Kier molecular flexibility index (Phi) is 4.31. The Morgan fingerprint density at radius 2 is 1.05 bits per heavy atom. The summed E-state index contributed by atoms with van der Waals surface area (Å²) in [5.41, 5.74) is 2.02. The Morgan fingerprint density at radius 3 is 1.73 bits per heavy atom. The van der Waals surface area contributed by atoms with E-state index in [0.29, 0.717) is 5.84 Å². The number of fused-ring (bicyclic) bond motifs is 14. The van der Waals surface area contributed by atoms with E-state index in [0.717, 1.165) is 62.7 Å². The molecule has 8 nitrogen and oxygen atoms in total. The molecule has 0 N–H and O–H groups in total. The fraction of sp³-hybridized carbons (Fsp3) is 0.125. The molecule has 4 unspecified atom stereocenters. The molecule has 1 saturated heterocycles. The summed E-state index contributed by atoms with van der Waals surface area (Å²) in [5.74, 6) is 7.16. The van der Waals surface area contributed by atoms with Gasteiger partial charge in [-0.25, -0.2) is 0 Å². The Morgan fingerprint density at radius 1 is 0.512 bits per heavy atom. The zero-order valence-electron chi connectivity index (χ0n) is 21.7. The summed E-state index contributed by atoms with van der Waals surface area (Å²) >= 11 is -1.51. The van der Waals surface area contributed by atoms with E-state index < -0.39 is 17.9 Å². The molecule has 2 aliphatic carbocycles. The Hall–Kier alpha value is -4.60. The number of aromatic nitrogens is 1. The third-order valence-electron chi connectivity index (χ3n) is 8.78. The molecule has 4 atom stereocenters. The van der Waals surface area contributed by atoms with E-state index in [-0.39, 0.29) is 23.7 Å². The van der Waals surface area contributed by atoms with Gasteiger partial charge in [0.2, 0.25) is 0 Å². The number of allylic oxidation sites excluding steroid dienone is 4. The van der Waals surface area contributed by atoms with E-state index in [9.17, 15) is 0 Å². The van der Waals surface area contributed by atoms with Crippen LogP contribution in [0, 0.1) is 23.7 Å². The van der Waals surface area contributed by atoms with Crippen LogP contribution in [-0.2, 0) is 0 Å². The molecule has 3 aromatic rings. The van der Waals surface area contributed by atoms with Crippen LogP contribution in [0.5, 0.6) is 0 Å². The number of nitrogens with zero attached hydrogens (tertiary/aromatic N) is 8. The molecule has 6 bridgehead atoms. The number of aliphatic imine (C=N–C) groups is 6. The van der Waals surface area contributed by atoms with Gasteiger partial charge in [-0.1, -0.05) is 0 Å². The van der Waals surface area contributed by atoms with Gasteiger partial charge in [-0.2, -0.15) is 0 Å². The van der Waals surface area contributed by atoms with E-state index in [1.807, 2.05) is 12.1 Å². The predicted octanol–water partition coefficient (Wildman–Crippen LogP) is 5.16. The van der Waals surface area contributed by atoms with Gasteiger partial charge in [-0.15, -0.1) is 0 Å². The Bertz CT molecular complexity index is 2060. The van der Waals surface area contributed by atoms with Gasteiger partial charge in [-0.05, 0) is 0 Å². The van der Waals surface area contributed by atoms with Crippen molar-refractivity contribution in [3.05, 3.63) is 108 Å². The van der Waals surface area contributed by atoms with Gasteiger partial charge in [0, 0.05) is 0 Å². The minimum atomic E-state index is -1.51. The molecular weight excluding hydrogens is 566 g/mol. The van der Waals surface area contributed by atoms with Gasteiger partial charge >= 0.3 is 244 Å². The first-order valence-electron chi connectivity index (χ1n) is 13.9. The molecule has 7 aliphatic rings. The van der Waals surface area contributed by atoms with Crippen molar-refractivity contribution in [1.29, 1.82) is 0 Å². The van der Waals surface area contributed by atoms with Gasteiger partial charge in [0.1, 0.15) is 0 Å². The van der Waals surface area contributed by atoms with Gasteiger partial charge in [-0.3, -0.25) is 0 Å². The molecule has 10 rings (SSSR count). The van der Waals surface area contributed by atoms with E-state index in [2.05, 4.69) is 91.9 Å². The van der Waals surface area contributed by atoms with Gasteiger partial charge in [0.15, 0.2) is 0 Å². The summed E-state index contributed by atoms with van der Waals surface area (Å²) in [6.45, 7) is 0. The van der Waals surface area contributed by atoms with Gasteiger partial charge in [0.05, 0.1) is 0 Å². The van der Waals surface area contributed by atoms with Crippen LogP contribution >= 0.6 is 0 Å². The van der Waals surface area contributed by atoms with Crippen molar-refractivity contribution >= 4 is 75.3 Å². The molecule has 9 heteroatoms. The zero-order chi connectivity index (χ0) is 26.7. The van der Waals surface area contributed by atoms with Crippen molar-refractivity contribution < 1.29 is 0 Å². The van der Waals surface area contributed by atoms with Crippen LogP contribution in [-0.4, -0.2) is 59.8 Å². The van der Waals surface area contributed by atoms with Crippen LogP contribution in [0.3, 0.4) is 0 Å². The fourth-order valence-corrected chi connectivity index (χ4v) is 10.1. The quantitative estimate of drug-likeness (QED) is 0.335. The van der Waals surface area contributed by atoms with Crippen LogP contribution in [0.4, 0.5) is 11.6 Å². The first kappa shape index (κ1) is 22.1. The molecule has 191 valence electrons. The van der Waals surface area contributed by atoms with Gasteiger partial charge < -0.3 is 0 Å². The van der Waals surface area contributed by atoms with Crippen LogP contribution < -0.4 is 0 Å². The molecule has 0 spiro atoms. The first-order chi connectivity index (χ1) is 20.3. The van der Waals surface area contributed by atoms with Crippen molar-refractivity contribution in [3.63, 3.8) is 0 Å². The second kappa shape index (κ2) is 7.99. The van der Waals surface area contributed by atoms with Gasteiger partial charge in [0.25, 0.3) is 0 Å². The van der Waals surface area contributed by atoms with Crippen LogP contribution in [0.15, 0.2) is 127 Å². The van der Waals surface area contributed by atoms with E-state index in [1.165, 1.54) is 0 Å². The molecule has 41 heavy (non-hydrogen) atoms.